The first-order chi connectivity index (χ1) is 12.9. The van der Waals surface area contributed by atoms with Crippen LogP contribution >= 0.6 is 24.0 Å². The Morgan fingerprint density at radius 2 is 1.89 bits per heavy atom. The number of aliphatic imine (C=N–C) groups is 1. The van der Waals surface area contributed by atoms with Crippen LogP contribution in [-0.2, 0) is 10.0 Å². The molecule has 0 spiro atoms. The van der Waals surface area contributed by atoms with Crippen molar-refractivity contribution in [3.63, 3.8) is 0 Å². The molecule has 1 aromatic rings. The van der Waals surface area contributed by atoms with Gasteiger partial charge in [-0.3, -0.25) is 4.99 Å². The van der Waals surface area contributed by atoms with E-state index in [1.165, 1.54) is 10.6 Å². The normalized spacial score (nSPS) is 15.5. The first-order valence-electron chi connectivity index (χ1n) is 9.30. The van der Waals surface area contributed by atoms with E-state index in [4.69, 9.17) is 0 Å². The van der Waals surface area contributed by atoms with Crippen LogP contribution in [0.2, 0.25) is 0 Å². The maximum absolute atomic E-state index is 11.6. The number of aromatic hydroxyl groups is 1. The first-order valence-corrected chi connectivity index (χ1v) is 11.1. The lowest BCUT2D eigenvalue weighted by molar-refractivity contribution is 0.367. The van der Waals surface area contributed by atoms with Crippen molar-refractivity contribution in [1.29, 1.82) is 0 Å². The van der Waals surface area contributed by atoms with E-state index < -0.39 is 10.0 Å². The summed E-state index contributed by atoms with van der Waals surface area (Å²) in [5, 5.41) is 13.3. The third-order valence-corrected chi connectivity index (χ3v) is 6.08. The van der Waals surface area contributed by atoms with Crippen molar-refractivity contribution in [2.45, 2.75) is 13.3 Å². The molecule has 0 amide bonds. The van der Waals surface area contributed by atoms with Crippen molar-refractivity contribution in [2.24, 2.45) is 4.99 Å². The van der Waals surface area contributed by atoms with Gasteiger partial charge in [0.1, 0.15) is 5.75 Å². The summed E-state index contributed by atoms with van der Waals surface area (Å²) in [6.07, 6.45) is 1.96. The Hall–Kier alpha value is -1.27. The second-order valence-electron chi connectivity index (χ2n) is 6.55. The number of phenols is 1. The van der Waals surface area contributed by atoms with Gasteiger partial charge in [-0.1, -0.05) is 19.1 Å². The molecule has 1 saturated heterocycles. The molecule has 0 atom stereocenters. The van der Waals surface area contributed by atoms with E-state index >= 15 is 0 Å². The second-order valence-corrected chi connectivity index (χ2v) is 8.53. The highest BCUT2D eigenvalue weighted by atomic mass is 127. The van der Waals surface area contributed by atoms with Crippen molar-refractivity contribution in [2.75, 3.05) is 64.0 Å². The van der Waals surface area contributed by atoms with Gasteiger partial charge in [0.05, 0.1) is 11.9 Å². The molecule has 28 heavy (non-hydrogen) atoms. The zero-order valence-corrected chi connectivity index (χ0v) is 20.0. The van der Waals surface area contributed by atoms with Gasteiger partial charge in [0.15, 0.2) is 5.96 Å². The quantitative estimate of drug-likeness (QED) is 0.242. The minimum Gasteiger partial charge on any atom is -0.506 e. The maximum Gasteiger partial charge on any atom is 0.211 e. The highest BCUT2D eigenvalue weighted by Crippen LogP contribution is 2.27. The number of hydrogen-bond donors (Lipinski definition) is 2. The number of nitrogens with one attached hydrogen (secondary N) is 1. The summed E-state index contributed by atoms with van der Waals surface area (Å²) in [7, 11) is -1.38. The van der Waals surface area contributed by atoms with Crippen LogP contribution in [0.4, 0.5) is 5.69 Å². The van der Waals surface area contributed by atoms with Crippen LogP contribution < -0.4 is 10.2 Å². The summed E-state index contributed by atoms with van der Waals surface area (Å²) < 4.78 is 24.7. The summed E-state index contributed by atoms with van der Waals surface area (Å²) >= 11 is 0. The van der Waals surface area contributed by atoms with Gasteiger partial charge in [0.2, 0.25) is 10.0 Å². The maximum atomic E-state index is 11.6. The summed E-state index contributed by atoms with van der Waals surface area (Å²) in [6.45, 7) is 6.71. The molecule has 1 aliphatic rings. The summed E-state index contributed by atoms with van der Waals surface area (Å²) in [4.78, 5) is 8.70. The van der Waals surface area contributed by atoms with Crippen LogP contribution in [0.15, 0.2) is 29.3 Å². The number of phenolic OH excluding ortho intramolecular Hbond substituents is 1. The van der Waals surface area contributed by atoms with E-state index in [9.17, 15) is 13.5 Å². The van der Waals surface area contributed by atoms with Crippen LogP contribution in [0.5, 0.6) is 5.75 Å². The zero-order valence-electron chi connectivity index (χ0n) is 16.8. The van der Waals surface area contributed by atoms with Gasteiger partial charge in [0, 0.05) is 52.9 Å². The molecule has 0 unspecified atom stereocenters. The van der Waals surface area contributed by atoms with Crippen molar-refractivity contribution < 1.29 is 13.5 Å². The molecule has 0 aromatic heterocycles. The lowest BCUT2D eigenvalue weighted by atomic mass is 10.2. The number of nitrogens with zero attached hydrogens (tertiary/aromatic N) is 4. The van der Waals surface area contributed by atoms with Gasteiger partial charge in [-0.25, -0.2) is 12.7 Å². The summed E-state index contributed by atoms with van der Waals surface area (Å²) in [5.74, 6) is 1.13. The lowest BCUT2D eigenvalue weighted by Gasteiger charge is -2.37. The van der Waals surface area contributed by atoms with E-state index in [1.807, 2.05) is 25.1 Å². The minimum atomic E-state index is -3.14. The highest BCUT2D eigenvalue weighted by Gasteiger charge is 2.21. The number of anilines is 1. The topological polar surface area (TPSA) is 88.5 Å². The Labute approximate surface area is 185 Å². The molecule has 1 aliphatic heterocycles. The molecule has 1 fully saturated rings. The third-order valence-electron chi connectivity index (χ3n) is 4.70. The number of halogens is 1. The Bertz CT molecular complexity index is 736. The van der Waals surface area contributed by atoms with Crippen molar-refractivity contribution in [3.05, 3.63) is 24.3 Å². The second kappa shape index (κ2) is 11.7. The first kappa shape index (κ1) is 24.8. The largest absolute Gasteiger partial charge is 0.506 e. The van der Waals surface area contributed by atoms with Crippen molar-refractivity contribution in [1.82, 2.24) is 14.5 Å². The predicted molar refractivity (Wildman–Crippen MR) is 125 cm³/mol. The number of para-hydroxylation sites is 2. The Morgan fingerprint density at radius 3 is 2.43 bits per heavy atom. The number of rotatable bonds is 7. The molecule has 10 heteroatoms. The SMILES string of the molecule is CCN(CCCNC(=NC)N1CCN(c2ccccc2O)CC1)S(C)(=O)=O.I. The van der Waals surface area contributed by atoms with E-state index in [1.54, 1.807) is 13.1 Å². The molecule has 2 rings (SSSR count). The summed E-state index contributed by atoms with van der Waals surface area (Å²) in [5.41, 5.74) is 0.862. The molecule has 8 nitrogen and oxygen atoms in total. The van der Waals surface area contributed by atoms with Gasteiger partial charge in [0.25, 0.3) is 0 Å². The number of guanidine groups is 1. The molecule has 160 valence electrons. The standard InChI is InChI=1S/C18H31N5O3S.HI/c1-4-23(27(3,25)26)11-7-10-20-18(19-2)22-14-12-21(13-15-22)16-8-5-6-9-17(16)24;/h5-6,8-9,24H,4,7,10-15H2,1-3H3,(H,19,20);1H. The molecule has 1 heterocycles. The van der Waals surface area contributed by atoms with Crippen LogP contribution in [0.1, 0.15) is 13.3 Å². The Balaban J connectivity index is 0.00000392. The molecular formula is C18H32IN5O3S. The van der Waals surface area contributed by atoms with Gasteiger partial charge in [-0.15, -0.1) is 24.0 Å². The van der Waals surface area contributed by atoms with Gasteiger partial charge < -0.3 is 20.2 Å². The molecule has 1 aromatic carbocycles. The van der Waals surface area contributed by atoms with Crippen molar-refractivity contribution >= 4 is 45.6 Å². The van der Waals surface area contributed by atoms with Crippen LogP contribution in [0.3, 0.4) is 0 Å². The highest BCUT2D eigenvalue weighted by molar-refractivity contribution is 14.0. The monoisotopic (exact) mass is 525 g/mol. The average Bonchev–Trinajstić information content (AvgIpc) is 2.64. The molecule has 0 saturated carbocycles. The number of hydrogen-bond acceptors (Lipinski definition) is 5. The van der Waals surface area contributed by atoms with Crippen LogP contribution in [0, 0.1) is 0 Å². The molecular weight excluding hydrogens is 493 g/mol. The predicted octanol–water partition coefficient (Wildman–Crippen LogP) is 1.38. The molecule has 0 radical (unpaired) electrons. The molecule has 2 N–H and O–H groups in total. The number of sulfonamides is 1. The van der Waals surface area contributed by atoms with E-state index in [0.29, 0.717) is 25.4 Å². The average molecular weight is 525 g/mol. The van der Waals surface area contributed by atoms with Crippen LogP contribution in [0.25, 0.3) is 0 Å². The van der Waals surface area contributed by atoms with E-state index in [-0.39, 0.29) is 24.0 Å². The van der Waals surface area contributed by atoms with E-state index in [2.05, 4.69) is 20.1 Å². The van der Waals surface area contributed by atoms with Crippen molar-refractivity contribution in [3.8, 4) is 5.75 Å². The summed E-state index contributed by atoms with van der Waals surface area (Å²) in [6, 6.07) is 7.39. The Kier molecular flexibility index (Phi) is 10.3. The fourth-order valence-corrected chi connectivity index (χ4v) is 4.17. The molecule has 0 bridgehead atoms. The fourth-order valence-electron chi connectivity index (χ4n) is 3.24. The van der Waals surface area contributed by atoms with Crippen LogP contribution in [-0.4, -0.2) is 87.8 Å². The third kappa shape index (κ3) is 6.96. The Morgan fingerprint density at radius 1 is 1.25 bits per heavy atom. The number of benzene rings is 1. The van der Waals surface area contributed by atoms with Gasteiger partial charge >= 0.3 is 0 Å². The van der Waals surface area contributed by atoms with E-state index in [0.717, 1.165) is 44.2 Å². The molecule has 0 aliphatic carbocycles. The minimum absolute atomic E-state index is 0. The smallest absolute Gasteiger partial charge is 0.211 e. The lowest BCUT2D eigenvalue weighted by Crippen LogP contribution is -2.52. The van der Waals surface area contributed by atoms with Gasteiger partial charge in [-0.05, 0) is 18.6 Å². The zero-order chi connectivity index (χ0) is 19.9. The fraction of sp³-hybridized carbons (Fsp3) is 0.611. The number of piperazine rings is 1. The van der Waals surface area contributed by atoms with Gasteiger partial charge in [-0.2, -0.15) is 0 Å².